The van der Waals surface area contributed by atoms with Gasteiger partial charge in [-0.2, -0.15) is 0 Å². The van der Waals surface area contributed by atoms with Crippen molar-refractivity contribution in [1.82, 2.24) is 15.5 Å². The van der Waals surface area contributed by atoms with Gasteiger partial charge in [0.25, 0.3) is 0 Å². The van der Waals surface area contributed by atoms with Gasteiger partial charge in [0.05, 0.1) is 19.3 Å². The Balaban J connectivity index is 1.88. The van der Waals surface area contributed by atoms with E-state index in [1.54, 1.807) is 26.3 Å². The first-order valence-electron chi connectivity index (χ1n) is 9.86. The van der Waals surface area contributed by atoms with Crippen LogP contribution in [0.3, 0.4) is 0 Å². The van der Waals surface area contributed by atoms with Crippen molar-refractivity contribution in [3.63, 3.8) is 0 Å². The van der Waals surface area contributed by atoms with Crippen molar-refractivity contribution in [3.05, 3.63) is 34.6 Å². The van der Waals surface area contributed by atoms with Crippen LogP contribution in [-0.4, -0.2) is 71.0 Å². The Kier molecular flexibility index (Phi) is 10.6. The highest BCUT2D eigenvalue weighted by Crippen LogP contribution is 2.31. The van der Waals surface area contributed by atoms with E-state index in [-0.39, 0.29) is 11.9 Å². The molecular weight excluding hydrogens is 383 g/mol. The smallest absolute Gasteiger partial charge is 0.191 e. The van der Waals surface area contributed by atoms with Gasteiger partial charge in [-0.15, -0.1) is 0 Å². The molecule has 0 spiro atoms. The third-order valence-electron chi connectivity index (χ3n) is 4.79. The number of ether oxygens (including phenoxy) is 2. The first-order chi connectivity index (χ1) is 13.7. The highest BCUT2D eigenvalue weighted by atomic mass is 35.5. The van der Waals surface area contributed by atoms with E-state index in [2.05, 4.69) is 20.5 Å². The quantitative estimate of drug-likeness (QED) is 0.331. The van der Waals surface area contributed by atoms with Gasteiger partial charge < -0.3 is 20.1 Å². The molecule has 8 heteroatoms. The zero-order valence-corrected chi connectivity index (χ0v) is 17.6. The number of nitrogens with zero attached hydrogens (tertiary/aromatic N) is 2. The molecule has 2 N–H and O–H groups in total. The summed E-state index contributed by atoms with van der Waals surface area (Å²) in [5, 5.41) is 7.06. The lowest BCUT2D eigenvalue weighted by atomic mass is 10.0. The van der Waals surface area contributed by atoms with E-state index in [0.717, 1.165) is 38.9 Å². The number of aliphatic imine (C=N–C) groups is 1. The van der Waals surface area contributed by atoms with Gasteiger partial charge in [-0.05, 0) is 44.5 Å². The van der Waals surface area contributed by atoms with Crippen LogP contribution in [0.4, 0.5) is 4.39 Å². The second kappa shape index (κ2) is 12.9. The van der Waals surface area contributed by atoms with Crippen LogP contribution in [0, 0.1) is 5.82 Å². The topological polar surface area (TPSA) is 58.1 Å². The molecule has 1 saturated heterocycles. The summed E-state index contributed by atoms with van der Waals surface area (Å²) in [6, 6.07) is 4.73. The number of benzene rings is 1. The fourth-order valence-electron chi connectivity index (χ4n) is 3.34. The molecular formula is C20H32ClFN4O2. The molecule has 0 radical (unpaired) electrons. The number of halogens is 2. The maximum Gasteiger partial charge on any atom is 0.191 e. The van der Waals surface area contributed by atoms with Gasteiger partial charge in [0, 0.05) is 44.4 Å². The molecule has 1 aromatic carbocycles. The molecule has 1 fully saturated rings. The number of guanidine groups is 1. The van der Waals surface area contributed by atoms with Crippen molar-refractivity contribution in [2.24, 2.45) is 4.99 Å². The van der Waals surface area contributed by atoms with Crippen LogP contribution in [0.25, 0.3) is 0 Å². The van der Waals surface area contributed by atoms with E-state index in [1.165, 1.54) is 6.07 Å². The molecule has 2 rings (SSSR count). The van der Waals surface area contributed by atoms with Gasteiger partial charge in [-0.25, -0.2) is 4.39 Å². The normalized spacial score (nSPS) is 16.4. The summed E-state index contributed by atoms with van der Waals surface area (Å²) in [7, 11) is 3.38. The zero-order valence-electron chi connectivity index (χ0n) is 16.8. The SMILES string of the molecule is CN=C(NCCCOCCOC)NCC(c1c(F)cccc1Cl)N1CCCC1. The van der Waals surface area contributed by atoms with Crippen LogP contribution in [0.1, 0.15) is 30.9 Å². The molecule has 0 amide bonds. The van der Waals surface area contributed by atoms with Crippen molar-refractivity contribution in [3.8, 4) is 0 Å². The number of methoxy groups -OCH3 is 1. The van der Waals surface area contributed by atoms with Gasteiger partial charge >= 0.3 is 0 Å². The molecule has 0 aromatic heterocycles. The Morgan fingerprint density at radius 2 is 2.04 bits per heavy atom. The van der Waals surface area contributed by atoms with E-state index >= 15 is 0 Å². The van der Waals surface area contributed by atoms with Gasteiger partial charge in [0.2, 0.25) is 0 Å². The standard InChI is InChI=1S/C20H32ClFN4O2/c1-23-20(24-9-6-12-28-14-13-27-2)25-15-18(26-10-3-4-11-26)19-16(21)7-5-8-17(19)22/h5,7-8,18H,3-4,6,9-15H2,1-2H3,(H2,23,24,25). The van der Waals surface area contributed by atoms with E-state index < -0.39 is 0 Å². The fourth-order valence-corrected chi connectivity index (χ4v) is 3.62. The molecule has 1 heterocycles. The van der Waals surface area contributed by atoms with Crippen molar-refractivity contribution in [1.29, 1.82) is 0 Å². The molecule has 1 aromatic rings. The van der Waals surface area contributed by atoms with Crippen LogP contribution < -0.4 is 10.6 Å². The Labute approximate surface area is 172 Å². The maximum absolute atomic E-state index is 14.5. The lowest BCUT2D eigenvalue weighted by molar-refractivity contribution is 0.0698. The Bertz CT molecular complexity index is 592. The van der Waals surface area contributed by atoms with E-state index in [4.69, 9.17) is 21.1 Å². The van der Waals surface area contributed by atoms with Gasteiger partial charge in [0.1, 0.15) is 5.82 Å². The summed E-state index contributed by atoms with van der Waals surface area (Å²) in [5.41, 5.74) is 0.556. The van der Waals surface area contributed by atoms with Crippen LogP contribution >= 0.6 is 11.6 Å². The van der Waals surface area contributed by atoms with Crippen molar-refractivity contribution in [2.75, 3.05) is 60.2 Å². The number of likely N-dealkylation sites (tertiary alicyclic amines) is 1. The first kappa shape index (κ1) is 22.9. The summed E-state index contributed by atoms with van der Waals surface area (Å²) in [5.74, 6) is 0.427. The summed E-state index contributed by atoms with van der Waals surface area (Å²) in [6.07, 6.45) is 3.11. The predicted molar refractivity (Wildman–Crippen MR) is 112 cm³/mol. The van der Waals surface area contributed by atoms with E-state index in [0.29, 0.717) is 42.9 Å². The molecule has 158 valence electrons. The second-order valence-electron chi connectivity index (χ2n) is 6.73. The molecule has 6 nitrogen and oxygen atoms in total. The number of rotatable bonds is 11. The maximum atomic E-state index is 14.5. The molecule has 1 aliphatic rings. The summed E-state index contributed by atoms with van der Waals surface area (Å²) in [4.78, 5) is 6.55. The average Bonchev–Trinajstić information content (AvgIpc) is 3.22. The van der Waals surface area contributed by atoms with Crippen molar-refractivity contribution < 1.29 is 13.9 Å². The Morgan fingerprint density at radius 1 is 1.25 bits per heavy atom. The van der Waals surface area contributed by atoms with Crippen LogP contribution in [0.5, 0.6) is 0 Å². The van der Waals surface area contributed by atoms with E-state index in [1.807, 2.05) is 0 Å². The minimum Gasteiger partial charge on any atom is -0.382 e. The zero-order chi connectivity index (χ0) is 20.2. The molecule has 1 unspecified atom stereocenters. The third kappa shape index (κ3) is 7.20. The minimum atomic E-state index is -0.262. The molecule has 1 aliphatic heterocycles. The molecule has 0 saturated carbocycles. The highest BCUT2D eigenvalue weighted by molar-refractivity contribution is 6.31. The van der Waals surface area contributed by atoms with Gasteiger partial charge in [-0.1, -0.05) is 17.7 Å². The average molecular weight is 415 g/mol. The Morgan fingerprint density at radius 3 is 2.71 bits per heavy atom. The van der Waals surface area contributed by atoms with Gasteiger partial charge in [-0.3, -0.25) is 9.89 Å². The summed E-state index contributed by atoms with van der Waals surface area (Å²) in [6.45, 7) is 5.03. The summed E-state index contributed by atoms with van der Waals surface area (Å²) < 4.78 is 24.9. The number of hydrogen-bond acceptors (Lipinski definition) is 4. The molecule has 0 aliphatic carbocycles. The second-order valence-corrected chi connectivity index (χ2v) is 7.14. The number of hydrogen-bond donors (Lipinski definition) is 2. The van der Waals surface area contributed by atoms with Crippen LogP contribution in [0.2, 0.25) is 5.02 Å². The van der Waals surface area contributed by atoms with Gasteiger partial charge in [0.15, 0.2) is 5.96 Å². The van der Waals surface area contributed by atoms with E-state index in [9.17, 15) is 4.39 Å². The lowest BCUT2D eigenvalue weighted by Gasteiger charge is -2.29. The molecule has 1 atom stereocenters. The summed E-state index contributed by atoms with van der Waals surface area (Å²) >= 11 is 6.34. The molecule has 28 heavy (non-hydrogen) atoms. The van der Waals surface area contributed by atoms with Crippen molar-refractivity contribution >= 4 is 17.6 Å². The molecule has 0 bridgehead atoms. The van der Waals surface area contributed by atoms with Crippen LogP contribution in [0.15, 0.2) is 23.2 Å². The highest BCUT2D eigenvalue weighted by Gasteiger charge is 2.27. The Hall–Kier alpha value is -1.41. The fraction of sp³-hybridized carbons (Fsp3) is 0.650. The first-order valence-corrected chi connectivity index (χ1v) is 10.2. The largest absolute Gasteiger partial charge is 0.382 e. The monoisotopic (exact) mass is 414 g/mol. The minimum absolute atomic E-state index is 0.132. The van der Waals surface area contributed by atoms with Crippen LogP contribution in [-0.2, 0) is 9.47 Å². The predicted octanol–water partition coefficient (Wildman–Crippen LogP) is 2.83. The van der Waals surface area contributed by atoms with Crippen molar-refractivity contribution in [2.45, 2.75) is 25.3 Å². The lowest BCUT2D eigenvalue weighted by Crippen LogP contribution is -2.43. The number of nitrogens with one attached hydrogen (secondary N) is 2. The third-order valence-corrected chi connectivity index (χ3v) is 5.12.